The standard InChI is InChI=1S/C16H15FN4O3S/c1-10(22)24-8-14(23)18-6-5-13-9-25-16-19-15(20-21(13)16)11-3-2-4-12(17)7-11/h2-4,7,9H,5-6,8H2,1H3,(H,18,23). The van der Waals surface area contributed by atoms with Gasteiger partial charge in [-0.05, 0) is 12.1 Å². The molecule has 1 N–H and O–H groups in total. The minimum absolute atomic E-state index is 0.290. The van der Waals surface area contributed by atoms with E-state index in [1.807, 2.05) is 5.38 Å². The second-order valence-electron chi connectivity index (χ2n) is 5.25. The van der Waals surface area contributed by atoms with Crippen molar-refractivity contribution < 1.29 is 18.7 Å². The Morgan fingerprint density at radius 3 is 3.00 bits per heavy atom. The van der Waals surface area contributed by atoms with Gasteiger partial charge >= 0.3 is 5.97 Å². The van der Waals surface area contributed by atoms with Crippen LogP contribution < -0.4 is 5.32 Å². The Morgan fingerprint density at radius 2 is 2.24 bits per heavy atom. The lowest BCUT2D eigenvalue weighted by Gasteiger charge is -2.04. The highest BCUT2D eigenvalue weighted by Gasteiger charge is 2.12. The summed E-state index contributed by atoms with van der Waals surface area (Å²) in [7, 11) is 0. The fraction of sp³-hybridized carbons (Fsp3) is 0.250. The van der Waals surface area contributed by atoms with Gasteiger partial charge in [-0.3, -0.25) is 9.59 Å². The van der Waals surface area contributed by atoms with Crippen molar-refractivity contribution in [2.45, 2.75) is 13.3 Å². The maximum atomic E-state index is 13.3. The number of fused-ring (bicyclic) bond motifs is 1. The van der Waals surface area contributed by atoms with Gasteiger partial charge in [0.05, 0.1) is 5.69 Å². The van der Waals surface area contributed by atoms with Crippen molar-refractivity contribution in [3.05, 3.63) is 41.2 Å². The third-order valence-electron chi connectivity index (χ3n) is 3.34. The number of benzene rings is 1. The summed E-state index contributed by atoms with van der Waals surface area (Å²) in [6.07, 6.45) is 0.539. The van der Waals surface area contributed by atoms with E-state index in [9.17, 15) is 14.0 Å². The first-order valence-electron chi connectivity index (χ1n) is 7.52. The normalized spacial score (nSPS) is 10.8. The van der Waals surface area contributed by atoms with Gasteiger partial charge in [-0.1, -0.05) is 12.1 Å². The minimum Gasteiger partial charge on any atom is -0.456 e. The minimum atomic E-state index is -0.498. The van der Waals surface area contributed by atoms with Gasteiger partial charge in [0.1, 0.15) is 5.82 Å². The summed E-state index contributed by atoms with van der Waals surface area (Å²) < 4.78 is 19.6. The second-order valence-corrected chi connectivity index (χ2v) is 6.08. The number of carbonyl (C=O) groups excluding carboxylic acids is 2. The zero-order chi connectivity index (χ0) is 17.8. The Kier molecular flexibility index (Phi) is 5.03. The first-order chi connectivity index (χ1) is 12.0. The van der Waals surface area contributed by atoms with E-state index in [0.29, 0.717) is 29.3 Å². The van der Waals surface area contributed by atoms with Crippen LogP contribution in [0.25, 0.3) is 16.3 Å². The Balaban J connectivity index is 1.65. The van der Waals surface area contributed by atoms with Crippen molar-refractivity contribution in [1.29, 1.82) is 0 Å². The third-order valence-corrected chi connectivity index (χ3v) is 4.21. The molecule has 3 aromatic rings. The van der Waals surface area contributed by atoms with E-state index in [1.165, 1.54) is 30.4 Å². The van der Waals surface area contributed by atoms with Gasteiger partial charge in [0, 0.05) is 30.8 Å². The topological polar surface area (TPSA) is 85.6 Å². The van der Waals surface area contributed by atoms with Gasteiger partial charge in [0.25, 0.3) is 5.91 Å². The molecular formula is C16H15FN4O3S. The highest BCUT2D eigenvalue weighted by molar-refractivity contribution is 7.15. The average Bonchev–Trinajstić information content (AvgIpc) is 3.14. The van der Waals surface area contributed by atoms with E-state index in [-0.39, 0.29) is 18.3 Å². The molecule has 0 radical (unpaired) electrons. The van der Waals surface area contributed by atoms with Crippen LogP contribution in [-0.4, -0.2) is 39.6 Å². The quantitative estimate of drug-likeness (QED) is 0.676. The van der Waals surface area contributed by atoms with Crippen molar-refractivity contribution >= 4 is 28.2 Å². The Bertz CT molecular complexity index is 921. The molecule has 1 amide bonds. The molecule has 7 nitrogen and oxygen atoms in total. The zero-order valence-electron chi connectivity index (χ0n) is 13.4. The number of halogens is 1. The fourth-order valence-electron chi connectivity index (χ4n) is 2.19. The SMILES string of the molecule is CC(=O)OCC(=O)NCCc1csc2nc(-c3cccc(F)c3)nn12. The molecule has 130 valence electrons. The molecule has 0 atom stereocenters. The van der Waals surface area contributed by atoms with E-state index in [4.69, 9.17) is 0 Å². The molecule has 0 unspecified atom stereocenters. The van der Waals surface area contributed by atoms with Gasteiger partial charge in [-0.15, -0.1) is 16.4 Å². The second kappa shape index (κ2) is 7.39. The van der Waals surface area contributed by atoms with Crippen molar-refractivity contribution in [2.24, 2.45) is 0 Å². The summed E-state index contributed by atoms with van der Waals surface area (Å²) in [5.74, 6) is -0.749. The van der Waals surface area contributed by atoms with Crippen molar-refractivity contribution in [3.63, 3.8) is 0 Å². The van der Waals surface area contributed by atoms with Crippen molar-refractivity contribution in [2.75, 3.05) is 13.2 Å². The summed E-state index contributed by atoms with van der Waals surface area (Å²) >= 11 is 1.42. The molecule has 0 spiro atoms. The molecular weight excluding hydrogens is 347 g/mol. The van der Waals surface area contributed by atoms with Crippen LogP contribution in [0.15, 0.2) is 29.6 Å². The van der Waals surface area contributed by atoms with Crippen LogP contribution >= 0.6 is 11.3 Å². The fourth-order valence-corrected chi connectivity index (χ4v) is 3.05. The molecule has 25 heavy (non-hydrogen) atoms. The molecule has 2 aromatic heterocycles. The van der Waals surface area contributed by atoms with Gasteiger partial charge < -0.3 is 10.1 Å². The first-order valence-corrected chi connectivity index (χ1v) is 8.40. The number of amides is 1. The van der Waals surface area contributed by atoms with E-state index < -0.39 is 5.97 Å². The number of esters is 1. The maximum absolute atomic E-state index is 13.3. The molecule has 0 fully saturated rings. The molecule has 9 heteroatoms. The van der Waals surface area contributed by atoms with Gasteiger partial charge in [-0.2, -0.15) is 4.98 Å². The predicted molar refractivity (Wildman–Crippen MR) is 89.6 cm³/mol. The predicted octanol–water partition coefficient (Wildman–Crippen LogP) is 1.82. The highest BCUT2D eigenvalue weighted by Crippen LogP contribution is 2.21. The summed E-state index contributed by atoms with van der Waals surface area (Å²) in [5.41, 5.74) is 1.49. The zero-order valence-corrected chi connectivity index (χ0v) is 14.2. The van der Waals surface area contributed by atoms with E-state index in [0.717, 1.165) is 5.69 Å². The molecule has 0 aliphatic heterocycles. The van der Waals surface area contributed by atoms with Crippen LogP contribution in [0.3, 0.4) is 0 Å². The van der Waals surface area contributed by atoms with Gasteiger partial charge in [-0.25, -0.2) is 8.91 Å². The Labute approximate surface area is 146 Å². The molecule has 0 saturated heterocycles. The lowest BCUT2D eigenvalue weighted by Crippen LogP contribution is -2.30. The number of rotatable bonds is 6. The van der Waals surface area contributed by atoms with Crippen molar-refractivity contribution in [3.8, 4) is 11.4 Å². The van der Waals surface area contributed by atoms with E-state index in [1.54, 1.807) is 16.6 Å². The summed E-state index contributed by atoms with van der Waals surface area (Å²) in [6.45, 7) is 1.33. The molecule has 0 bridgehead atoms. The van der Waals surface area contributed by atoms with Crippen LogP contribution in [0, 0.1) is 5.82 Å². The number of ether oxygens (including phenoxy) is 1. The molecule has 0 aliphatic rings. The van der Waals surface area contributed by atoms with Crippen LogP contribution in [-0.2, 0) is 20.7 Å². The number of aromatic nitrogens is 3. The van der Waals surface area contributed by atoms with Crippen LogP contribution in [0.4, 0.5) is 4.39 Å². The number of carbonyl (C=O) groups is 2. The number of hydrogen-bond donors (Lipinski definition) is 1. The molecule has 0 saturated carbocycles. The maximum Gasteiger partial charge on any atom is 0.303 e. The summed E-state index contributed by atoms with van der Waals surface area (Å²) in [4.78, 5) is 27.2. The number of thiazole rings is 1. The van der Waals surface area contributed by atoms with E-state index in [2.05, 4.69) is 20.1 Å². The monoisotopic (exact) mass is 362 g/mol. The lowest BCUT2D eigenvalue weighted by molar-refractivity contribution is -0.146. The summed E-state index contributed by atoms with van der Waals surface area (Å²) in [5, 5.41) is 8.98. The molecule has 0 aliphatic carbocycles. The Morgan fingerprint density at radius 1 is 1.40 bits per heavy atom. The van der Waals surface area contributed by atoms with E-state index >= 15 is 0 Å². The molecule has 3 rings (SSSR count). The lowest BCUT2D eigenvalue weighted by atomic mass is 10.2. The third kappa shape index (κ3) is 4.18. The van der Waals surface area contributed by atoms with Gasteiger partial charge in [0.15, 0.2) is 12.4 Å². The highest BCUT2D eigenvalue weighted by atomic mass is 32.1. The van der Waals surface area contributed by atoms with Crippen molar-refractivity contribution in [1.82, 2.24) is 19.9 Å². The average molecular weight is 362 g/mol. The smallest absolute Gasteiger partial charge is 0.303 e. The Hall–Kier alpha value is -2.81. The van der Waals surface area contributed by atoms with Crippen LogP contribution in [0.5, 0.6) is 0 Å². The number of hydrogen-bond acceptors (Lipinski definition) is 6. The first kappa shape index (κ1) is 17.0. The van der Waals surface area contributed by atoms with Gasteiger partial charge in [0.2, 0.25) is 4.96 Å². The largest absolute Gasteiger partial charge is 0.456 e. The molecule has 2 heterocycles. The van der Waals surface area contributed by atoms with Crippen LogP contribution in [0.2, 0.25) is 0 Å². The van der Waals surface area contributed by atoms with Crippen LogP contribution in [0.1, 0.15) is 12.6 Å². The number of nitrogens with one attached hydrogen (secondary N) is 1. The number of nitrogens with zero attached hydrogens (tertiary/aromatic N) is 3. The summed E-state index contributed by atoms with van der Waals surface area (Å²) in [6, 6.07) is 6.11. The molecule has 1 aromatic carbocycles.